The third-order valence-electron chi connectivity index (χ3n) is 4.24. The quantitative estimate of drug-likeness (QED) is 0.673. The summed E-state index contributed by atoms with van der Waals surface area (Å²) in [6, 6.07) is 1.44. The fourth-order valence-corrected chi connectivity index (χ4v) is 3.75. The number of hydrogen-bond donors (Lipinski definition) is 3. The van der Waals surface area contributed by atoms with Gasteiger partial charge in [0.25, 0.3) is 15.6 Å². The van der Waals surface area contributed by atoms with Crippen LogP contribution in [-0.2, 0) is 17.1 Å². The summed E-state index contributed by atoms with van der Waals surface area (Å²) in [6.45, 7) is 7.23. The zero-order valence-corrected chi connectivity index (χ0v) is 17.5. The maximum absolute atomic E-state index is 14.0. The van der Waals surface area contributed by atoms with Gasteiger partial charge >= 0.3 is 11.7 Å². The Balaban J connectivity index is 2.42. The summed E-state index contributed by atoms with van der Waals surface area (Å²) in [6.07, 6.45) is 0.813. The lowest BCUT2D eigenvalue weighted by Crippen LogP contribution is -2.40. The first-order valence-electron chi connectivity index (χ1n) is 8.80. The normalized spacial score (nSPS) is 11.7. The van der Waals surface area contributed by atoms with Gasteiger partial charge in [-0.1, -0.05) is 27.7 Å². The van der Waals surface area contributed by atoms with Crippen LogP contribution in [0.3, 0.4) is 0 Å². The Kier molecular flexibility index (Phi) is 6.31. The van der Waals surface area contributed by atoms with Crippen LogP contribution in [0.4, 0.5) is 14.9 Å². The molecule has 0 bridgehead atoms. The van der Waals surface area contributed by atoms with Crippen LogP contribution < -0.4 is 21.3 Å². The van der Waals surface area contributed by atoms with E-state index in [9.17, 15) is 27.2 Å². The largest absolute Gasteiger partial charge is 0.333 e. The molecule has 0 saturated heterocycles. The Hall–Kier alpha value is -2.95. The van der Waals surface area contributed by atoms with Crippen molar-refractivity contribution in [3.63, 3.8) is 0 Å². The van der Waals surface area contributed by atoms with Gasteiger partial charge in [-0.3, -0.25) is 9.78 Å². The van der Waals surface area contributed by atoms with Gasteiger partial charge in [0.05, 0.1) is 0 Å². The zero-order chi connectivity index (χ0) is 22.1. The highest BCUT2D eigenvalue weighted by atomic mass is 32.2. The van der Waals surface area contributed by atoms with Gasteiger partial charge in [0.15, 0.2) is 4.90 Å². The number of halogens is 1. The van der Waals surface area contributed by atoms with Crippen LogP contribution in [-0.4, -0.2) is 24.0 Å². The number of sulfonamides is 1. The summed E-state index contributed by atoms with van der Waals surface area (Å²) in [5.74, 6) is -0.768. The molecule has 2 rings (SSSR count). The Labute approximate surface area is 167 Å². The Morgan fingerprint density at radius 1 is 1.10 bits per heavy atom. The maximum Gasteiger partial charge on any atom is 0.333 e. The molecular weight excluding hydrogens is 403 g/mol. The molecule has 0 radical (unpaired) electrons. The number of anilines is 1. The predicted octanol–water partition coefficient (Wildman–Crippen LogP) is 1.97. The highest BCUT2D eigenvalue weighted by Gasteiger charge is 2.24. The van der Waals surface area contributed by atoms with E-state index in [1.807, 2.05) is 32.7 Å². The first kappa shape index (κ1) is 22.3. The van der Waals surface area contributed by atoms with E-state index >= 15 is 0 Å². The number of hydrogen-bond acceptors (Lipinski definition) is 5. The molecule has 0 aliphatic rings. The average molecular weight is 426 g/mol. The second-order valence-electron chi connectivity index (χ2n) is 7.19. The lowest BCUT2D eigenvalue weighted by Gasteiger charge is -2.20. The number of carbonyl (C=O) groups is 1. The SMILES string of the molecule is CC(C)c1cc(F)cc(C(C)C)c1NC(=O)NS(=O)(=O)c1cn(C)c(=O)[nH]c1=O. The van der Waals surface area contributed by atoms with Crippen LogP contribution in [0, 0.1) is 5.82 Å². The van der Waals surface area contributed by atoms with Crippen LogP contribution in [0.1, 0.15) is 50.7 Å². The molecule has 1 aromatic heterocycles. The van der Waals surface area contributed by atoms with Crippen molar-refractivity contribution in [3.8, 4) is 0 Å². The summed E-state index contributed by atoms with van der Waals surface area (Å²) < 4.78 is 41.5. The van der Waals surface area contributed by atoms with Gasteiger partial charge in [0.1, 0.15) is 5.82 Å². The molecule has 3 N–H and O–H groups in total. The molecular formula is C18H23FN4O5S. The van der Waals surface area contributed by atoms with Gasteiger partial charge < -0.3 is 9.88 Å². The van der Waals surface area contributed by atoms with Gasteiger partial charge in [-0.25, -0.2) is 27.1 Å². The molecule has 11 heteroatoms. The van der Waals surface area contributed by atoms with Crippen molar-refractivity contribution in [1.29, 1.82) is 0 Å². The number of nitrogens with zero attached hydrogens (tertiary/aromatic N) is 1. The molecule has 0 spiro atoms. The Morgan fingerprint density at radius 3 is 2.10 bits per heavy atom. The summed E-state index contributed by atoms with van der Waals surface area (Å²) in [4.78, 5) is 36.7. The van der Waals surface area contributed by atoms with Gasteiger partial charge in [0.2, 0.25) is 0 Å². The second kappa shape index (κ2) is 8.19. The van der Waals surface area contributed by atoms with E-state index in [2.05, 4.69) is 5.32 Å². The van der Waals surface area contributed by atoms with Gasteiger partial charge in [-0.15, -0.1) is 0 Å². The molecule has 0 saturated carbocycles. The Bertz CT molecular complexity index is 1140. The van der Waals surface area contributed by atoms with Crippen molar-refractivity contribution in [2.24, 2.45) is 7.05 Å². The minimum Gasteiger partial charge on any atom is -0.307 e. The smallest absolute Gasteiger partial charge is 0.307 e. The summed E-state index contributed by atoms with van der Waals surface area (Å²) in [7, 11) is -3.31. The van der Waals surface area contributed by atoms with E-state index in [0.29, 0.717) is 16.8 Å². The number of amides is 2. The number of aryl methyl sites for hydroxylation is 1. The number of rotatable bonds is 5. The fourth-order valence-electron chi connectivity index (χ4n) is 2.75. The molecule has 158 valence electrons. The van der Waals surface area contributed by atoms with Crippen molar-refractivity contribution in [3.05, 3.63) is 56.1 Å². The van der Waals surface area contributed by atoms with Crippen molar-refractivity contribution in [2.75, 3.05) is 5.32 Å². The molecule has 2 aromatic rings. The van der Waals surface area contributed by atoms with Crippen molar-refractivity contribution < 1.29 is 17.6 Å². The molecule has 1 aromatic carbocycles. The number of nitrogens with one attached hydrogen (secondary N) is 3. The number of carbonyl (C=O) groups excluding carboxylic acids is 1. The molecule has 29 heavy (non-hydrogen) atoms. The van der Waals surface area contributed by atoms with E-state index in [1.54, 1.807) is 4.72 Å². The van der Waals surface area contributed by atoms with Crippen LogP contribution in [0.25, 0.3) is 0 Å². The van der Waals surface area contributed by atoms with E-state index in [4.69, 9.17) is 0 Å². The standard InChI is InChI=1S/C18H23FN4O5S/c1-9(2)12-6-11(19)7-13(10(3)4)15(12)20-17(25)22-29(27,28)14-8-23(5)18(26)21-16(14)24/h6-10H,1-5H3,(H2,20,22,25)(H,21,24,26). The molecule has 1 heterocycles. The molecule has 0 atom stereocenters. The molecule has 2 amide bonds. The van der Waals surface area contributed by atoms with Crippen LogP contribution in [0.5, 0.6) is 0 Å². The van der Waals surface area contributed by atoms with E-state index < -0.39 is 38.0 Å². The summed E-state index contributed by atoms with van der Waals surface area (Å²) in [5.41, 5.74) is -0.644. The lowest BCUT2D eigenvalue weighted by molar-refractivity contribution is 0.256. The van der Waals surface area contributed by atoms with Gasteiger partial charge in [-0.2, -0.15) is 0 Å². The third-order valence-corrected chi connectivity index (χ3v) is 5.56. The van der Waals surface area contributed by atoms with E-state index in [-0.39, 0.29) is 11.8 Å². The number of H-pyrrole nitrogens is 1. The second-order valence-corrected chi connectivity index (χ2v) is 8.84. The number of benzene rings is 1. The molecule has 9 nitrogen and oxygen atoms in total. The number of urea groups is 1. The number of aromatic nitrogens is 2. The van der Waals surface area contributed by atoms with Crippen LogP contribution in [0.2, 0.25) is 0 Å². The highest BCUT2D eigenvalue weighted by molar-refractivity contribution is 7.90. The molecule has 0 fully saturated rings. The van der Waals surface area contributed by atoms with Gasteiger partial charge in [0, 0.05) is 18.9 Å². The lowest BCUT2D eigenvalue weighted by atomic mass is 9.92. The first-order valence-corrected chi connectivity index (χ1v) is 10.3. The van der Waals surface area contributed by atoms with Crippen molar-refractivity contribution in [1.82, 2.24) is 14.3 Å². The predicted molar refractivity (Wildman–Crippen MR) is 106 cm³/mol. The van der Waals surface area contributed by atoms with Crippen molar-refractivity contribution in [2.45, 2.75) is 44.4 Å². The Morgan fingerprint density at radius 2 is 1.62 bits per heavy atom. The number of aromatic amines is 1. The summed E-state index contributed by atoms with van der Waals surface area (Å²) >= 11 is 0. The molecule has 0 aliphatic heterocycles. The zero-order valence-electron chi connectivity index (χ0n) is 16.7. The summed E-state index contributed by atoms with van der Waals surface area (Å²) in [5, 5.41) is 2.46. The minimum absolute atomic E-state index is 0.151. The fraction of sp³-hybridized carbons (Fsp3) is 0.389. The van der Waals surface area contributed by atoms with Crippen LogP contribution >= 0.6 is 0 Å². The van der Waals surface area contributed by atoms with E-state index in [0.717, 1.165) is 10.8 Å². The third kappa shape index (κ3) is 4.91. The minimum atomic E-state index is -4.56. The molecule has 0 unspecified atom stereocenters. The van der Waals surface area contributed by atoms with Gasteiger partial charge in [-0.05, 0) is 35.1 Å². The first-order chi connectivity index (χ1) is 13.3. The van der Waals surface area contributed by atoms with Crippen molar-refractivity contribution >= 4 is 21.7 Å². The monoisotopic (exact) mass is 426 g/mol. The molecule has 0 aliphatic carbocycles. The highest BCUT2D eigenvalue weighted by Crippen LogP contribution is 2.33. The van der Waals surface area contributed by atoms with Crippen LogP contribution in [0.15, 0.2) is 32.8 Å². The maximum atomic E-state index is 14.0. The topological polar surface area (TPSA) is 130 Å². The average Bonchev–Trinajstić information content (AvgIpc) is 2.58. The van der Waals surface area contributed by atoms with E-state index in [1.165, 1.54) is 19.2 Å².